The van der Waals surface area contributed by atoms with Crippen LogP contribution in [-0.4, -0.2) is 34.7 Å². The first-order chi connectivity index (χ1) is 11.0. The third-order valence-electron chi connectivity index (χ3n) is 6.24. The van der Waals surface area contributed by atoms with Crippen molar-refractivity contribution in [2.75, 3.05) is 0 Å². The number of halogens is 3. The van der Waals surface area contributed by atoms with Gasteiger partial charge in [0.05, 0.1) is 0 Å². The van der Waals surface area contributed by atoms with E-state index in [1.54, 1.807) is 6.92 Å². The first kappa shape index (κ1) is 16.8. The van der Waals surface area contributed by atoms with Crippen molar-refractivity contribution in [1.29, 1.82) is 0 Å². The molecule has 24 heavy (non-hydrogen) atoms. The lowest BCUT2D eigenvalue weighted by molar-refractivity contribution is -0.581. The van der Waals surface area contributed by atoms with E-state index < -0.39 is 41.1 Å². The van der Waals surface area contributed by atoms with Crippen LogP contribution in [0.1, 0.15) is 39.5 Å². The van der Waals surface area contributed by atoms with Crippen LogP contribution in [0.15, 0.2) is 12.2 Å². The standard InChI is InChI=1S/C16H21F3O5/c1-8-4-5-11-9(2)15(20,16(17,18)19)22-12-14(11)10(8)6-7-13(3,21-12)23-24-14/h8,10-12,20H,2,4-7H2,1,3H3/t8-,10+,11+,12+,13-,14-,15+/m1/s1. The van der Waals surface area contributed by atoms with Crippen molar-refractivity contribution in [3.8, 4) is 0 Å². The monoisotopic (exact) mass is 350 g/mol. The Balaban J connectivity index is 1.85. The van der Waals surface area contributed by atoms with E-state index in [-0.39, 0.29) is 11.8 Å². The molecule has 5 nitrogen and oxygen atoms in total. The van der Waals surface area contributed by atoms with Gasteiger partial charge in [-0.05, 0) is 43.6 Å². The Labute approximate surface area is 137 Å². The molecule has 5 rings (SSSR count). The highest BCUT2D eigenvalue weighted by atomic mass is 19.4. The van der Waals surface area contributed by atoms with E-state index in [4.69, 9.17) is 19.2 Å². The number of aliphatic hydroxyl groups is 1. The molecule has 0 aromatic carbocycles. The van der Waals surface area contributed by atoms with Gasteiger partial charge in [-0.2, -0.15) is 13.2 Å². The topological polar surface area (TPSA) is 57.2 Å². The van der Waals surface area contributed by atoms with Gasteiger partial charge in [-0.1, -0.05) is 13.5 Å². The molecule has 4 aliphatic heterocycles. The molecule has 1 saturated carbocycles. The highest BCUT2D eigenvalue weighted by Crippen LogP contribution is 2.63. The summed E-state index contributed by atoms with van der Waals surface area (Å²) in [5.74, 6) is -5.28. The Morgan fingerprint density at radius 3 is 2.54 bits per heavy atom. The molecule has 0 aromatic heterocycles. The van der Waals surface area contributed by atoms with Gasteiger partial charge in [-0.3, -0.25) is 0 Å². The fourth-order valence-corrected chi connectivity index (χ4v) is 4.86. The van der Waals surface area contributed by atoms with Crippen LogP contribution in [0.3, 0.4) is 0 Å². The maximum absolute atomic E-state index is 13.5. The number of fused-ring (bicyclic) bond motifs is 2. The van der Waals surface area contributed by atoms with E-state index >= 15 is 0 Å². The number of hydrogen-bond acceptors (Lipinski definition) is 5. The summed E-state index contributed by atoms with van der Waals surface area (Å²) >= 11 is 0. The zero-order valence-corrected chi connectivity index (χ0v) is 13.6. The molecule has 0 amide bonds. The van der Waals surface area contributed by atoms with Crippen LogP contribution < -0.4 is 0 Å². The van der Waals surface area contributed by atoms with Crippen LogP contribution in [0.2, 0.25) is 0 Å². The molecule has 0 aromatic rings. The summed E-state index contributed by atoms with van der Waals surface area (Å²) < 4.78 is 51.4. The second-order valence-corrected chi connectivity index (χ2v) is 7.64. The van der Waals surface area contributed by atoms with Crippen molar-refractivity contribution in [2.45, 2.75) is 69.2 Å². The Bertz CT molecular complexity index is 581. The van der Waals surface area contributed by atoms with Crippen molar-refractivity contribution in [2.24, 2.45) is 17.8 Å². The van der Waals surface area contributed by atoms with Gasteiger partial charge in [0.1, 0.15) is 0 Å². The minimum Gasteiger partial charge on any atom is -0.355 e. The lowest BCUT2D eigenvalue weighted by Crippen LogP contribution is -2.73. The quantitative estimate of drug-likeness (QED) is 0.538. The Morgan fingerprint density at radius 2 is 1.88 bits per heavy atom. The number of rotatable bonds is 0. The normalized spacial score (nSPS) is 54.3. The Kier molecular flexibility index (Phi) is 3.31. The van der Waals surface area contributed by atoms with Crippen LogP contribution in [0, 0.1) is 17.8 Å². The summed E-state index contributed by atoms with van der Waals surface area (Å²) in [4.78, 5) is 11.2. The van der Waals surface area contributed by atoms with Gasteiger partial charge in [0.2, 0.25) is 5.79 Å². The molecule has 4 saturated heterocycles. The second-order valence-electron chi connectivity index (χ2n) is 7.64. The molecule has 7 atom stereocenters. The summed E-state index contributed by atoms with van der Waals surface area (Å²) in [6.45, 7) is 7.20. The maximum atomic E-state index is 13.5. The van der Waals surface area contributed by atoms with Gasteiger partial charge in [0.15, 0.2) is 11.9 Å². The first-order valence-corrected chi connectivity index (χ1v) is 8.24. The fourth-order valence-electron chi connectivity index (χ4n) is 4.86. The van der Waals surface area contributed by atoms with Crippen LogP contribution in [-0.2, 0) is 19.2 Å². The minimum atomic E-state index is -5.01. The van der Waals surface area contributed by atoms with Gasteiger partial charge in [-0.15, -0.1) is 0 Å². The number of hydrogen-bond donors (Lipinski definition) is 1. The van der Waals surface area contributed by atoms with Crippen molar-refractivity contribution in [3.05, 3.63) is 12.2 Å². The molecule has 2 bridgehead atoms. The van der Waals surface area contributed by atoms with E-state index in [9.17, 15) is 18.3 Å². The van der Waals surface area contributed by atoms with Gasteiger partial charge in [0, 0.05) is 12.3 Å². The first-order valence-electron chi connectivity index (χ1n) is 8.24. The molecule has 136 valence electrons. The molecule has 5 fully saturated rings. The van der Waals surface area contributed by atoms with Crippen LogP contribution in [0.25, 0.3) is 0 Å². The predicted octanol–water partition coefficient (Wildman–Crippen LogP) is 3.04. The SMILES string of the molecule is C=C1[C@@H]2CC[C@@H](C)[C@@H]3CC[C@@]4(C)OO[C@@]23[C@@H](O4)O[C@]1(O)C(F)(F)F. The van der Waals surface area contributed by atoms with E-state index in [0.717, 1.165) is 6.42 Å². The van der Waals surface area contributed by atoms with Crippen LogP contribution >= 0.6 is 0 Å². The van der Waals surface area contributed by atoms with Gasteiger partial charge < -0.3 is 14.6 Å². The van der Waals surface area contributed by atoms with Gasteiger partial charge in [0.25, 0.3) is 5.79 Å². The smallest absolute Gasteiger partial charge is 0.355 e. The average Bonchev–Trinajstić information content (AvgIpc) is 2.70. The molecular weight excluding hydrogens is 329 g/mol. The lowest BCUT2D eigenvalue weighted by atomic mass is 9.58. The van der Waals surface area contributed by atoms with Crippen molar-refractivity contribution in [3.63, 3.8) is 0 Å². The third kappa shape index (κ3) is 1.89. The molecule has 8 heteroatoms. The van der Waals surface area contributed by atoms with Crippen molar-refractivity contribution >= 4 is 0 Å². The highest BCUT2D eigenvalue weighted by Gasteiger charge is 2.75. The molecule has 1 spiro atoms. The molecule has 0 radical (unpaired) electrons. The largest absolute Gasteiger partial charge is 0.447 e. The number of alkyl halides is 3. The fraction of sp³-hybridized carbons (Fsp3) is 0.875. The summed E-state index contributed by atoms with van der Waals surface area (Å²) in [6, 6.07) is 0. The summed E-state index contributed by atoms with van der Waals surface area (Å²) in [7, 11) is 0. The molecule has 5 aliphatic rings. The van der Waals surface area contributed by atoms with Crippen molar-refractivity contribution < 1.29 is 37.5 Å². The molecule has 4 heterocycles. The van der Waals surface area contributed by atoms with E-state index in [0.29, 0.717) is 19.3 Å². The summed E-state index contributed by atoms with van der Waals surface area (Å²) in [5, 5.41) is 10.3. The summed E-state index contributed by atoms with van der Waals surface area (Å²) in [6.07, 6.45) is -4.09. The predicted molar refractivity (Wildman–Crippen MR) is 74.0 cm³/mol. The van der Waals surface area contributed by atoms with Gasteiger partial charge in [-0.25, -0.2) is 9.78 Å². The highest BCUT2D eigenvalue weighted by molar-refractivity contribution is 5.27. The zero-order chi connectivity index (χ0) is 17.5. The average molecular weight is 350 g/mol. The minimum absolute atomic E-state index is 0.0971. The lowest BCUT2D eigenvalue weighted by Gasteiger charge is -2.60. The molecule has 0 unspecified atom stereocenters. The van der Waals surface area contributed by atoms with Crippen molar-refractivity contribution in [1.82, 2.24) is 0 Å². The van der Waals surface area contributed by atoms with Gasteiger partial charge >= 0.3 is 6.18 Å². The molecular formula is C16H21F3O5. The zero-order valence-electron chi connectivity index (χ0n) is 13.6. The van der Waals surface area contributed by atoms with Crippen LogP contribution in [0.4, 0.5) is 13.2 Å². The van der Waals surface area contributed by atoms with E-state index in [2.05, 4.69) is 6.58 Å². The second kappa shape index (κ2) is 4.73. The number of ether oxygens (including phenoxy) is 2. The van der Waals surface area contributed by atoms with Crippen LogP contribution in [0.5, 0.6) is 0 Å². The molecule has 1 aliphatic carbocycles. The maximum Gasteiger partial charge on any atom is 0.447 e. The Morgan fingerprint density at radius 1 is 1.17 bits per heavy atom. The van der Waals surface area contributed by atoms with E-state index in [1.807, 2.05) is 6.92 Å². The Hall–Kier alpha value is -0.670. The van der Waals surface area contributed by atoms with E-state index in [1.165, 1.54) is 0 Å². The molecule has 1 N–H and O–H groups in total. The third-order valence-corrected chi connectivity index (χ3v) is 6.24. The summed E-state index contributed by atoms with van der Waals surface area (Å²) in [5.41, 5.74) is -1.64.